The van der Waals surface area contributed by atoms with E-state index in [1.807, 2.05) is 19.3 Å². The predicted octanol–water partition coefficient (Wildman–Crippen LogP) is 3.18. The van der Waals surface area contributed by atoms with Crippen LogP contribution >= 0.6 is 24.0 Å². The standard InChI is InChI=1S/C21H33N5O.HI/c1-3-27-18-15-17(21(18)10-6-11-21)25-20(22-2)24-16-8-13-26(14-9-16)19-7-4-5-12-23-19;/h4-5,7,12,16-18H,3,6,8-11,13-15H2,1-2H3,(H2,22,24,25);1H. The number of pyridine rings is 1. The number of anilines is 1. The van der Waals surface area contributed by atoms with Crippen LogP contribution < -0.4 is 15.5 Å². The molecule has 0 aromatic carbocycles. The van der Waals surface area contributed by atoms with Gasteiger partial charge < -0.3 is 20.3 Å². The molecule has 2 heterocycles. The molecule has 2 aliphatic carbocycles. The van der Waals surface area contributed by atoms with Crippen LogP contribution in [0.5, 0.6) is 0 Å². The number of halogens is 1. The third kappa shape index (κ3) is 4.25. The predicted molar refractivity (Wildman–Crippen MR) is 125 cm³/mol. The summed E-state index contributed by atoms with van der Waals surface area (Å²) < 4.78 is 5.97. The lowest BCUT2D eigenvalue weighted by Gasteiger charge is -2.61. The number of piperidine rings is 1. The number of nitrogens with one attached hydrogen (secondary N) is 2. The van der Waals surface area contributed by atoms with Gasteiger partial charge in [0, 0.05) is 50.4 Å². The smallest absolute Gasteiger partial charge is 0.191 e. The van der Waals surface area contributed by atoms with Crippen LogP contribution in [0.1, 0.15) is 45.4 Å². The number of rotatable bonds is 5. The molecule has 0 amide bonds. The van der Waals surface area contributed by atoms with E-state index in [4.69, 9.17) is 4.74 Å². The van der Waals surface area contributed by atoms with Crippen molar-refractivity contribution in [2.75, 3.05) is 31.6 Å². The summed E-state index contributed by atoms with van der Waals surface area (Å²) in [6, 6.07) is 7.10. The minimum atomic E-state index is 0. The molecule has 28 heavy (non-hydrogen) atoms. The van der Waals surface area contributed by atoms with Crippen LogP contribution in [0, 0.1) is 5.41 Å². The van der Waals surface area contributed by atoms with Crippen LogP contribution in [0.15, 0.2) is 29.4 Å². The van der Waals surface area contributed by atoms with Crippen molar-refractivity contribution in [2.24, 2.45) is 10.4 Å². The molecule has 1 saturated heterocycles. The van der Waals surface area contributed by atoms with Gasteiger partial charge in [-0.25, -0.2) is 4.98 Å². The van der Waals surface area contributed by atoms with E-state index in [-0.39, 0.29) is 24.0 Å². The summed E-state index contributed by atoms with van der Waals surface area (Å²) in [7, 11) is 1.88. The highest BCUT2D eigenvalue weighted by Crippen LogP contribution is 2.57. The molecule has 1 aliphatic heterocycles. The van der Waals surface area contributed by atoms with Gasteiger partial charge in [0.2, 0.25) is 0 Å². The second-order valence-electron chi connectivity index (χ2n) is 8.13. The molecule has 3 fully saturated rings. The van der Waals surface area contributed by atoms with E-state index in [0.29, 0.717) is 23.6 Å². The Hall–Kier alpha value is -1.09. The van der Waals surface area contributed by atoms with Gasteiger partial charge in [-0.1, -0.05) is 12.5 Å². The molecule has 6 nitrogen and oxygen atoms in total. The number of hydrogen-bond acceptors (Lipinski definition) is 4. The van der Waals surface area contributed by atoms with Crippen LogP contribution in [0.4, 0.5) is 5.82 Å². The number of nitrogens with zero attached hydrogens (tertiary/aromatic N) is 3. The first-order valence-corrected chi connectivity index (χ1v) is 10.5. The van der Waals surface area contributed by atoms with Gasteiger partial charge in [-0.15, -0.1) is 24.0 Å². The van der Waals surface area contributed by atoms with Gasteiger partial charge in [-0.2, -0.15) is 0 Å². The Labute approximate surface area is 185 Å². The quantitative estimate of drug-likeness (QED) is 0.370. The minimum Gasteiger partial charge on any atom is -0.378 e. The first-order valence-electron chi connectivity index (χ1n) is 10.5. The molecule has 1 aromatic heterocycles. The number of guanidine groups is 1. The topological polar surface area (TPSA) is 61.8 Å². The molecule has 156 valence electrons. The van der Waals surface area contributed by atoms with E-state index < -0.39 is 0 Å². The number of aliphatic imine (C=N–C) groups is 1. The van der Waals surface area contributed by atoms with E-state index in [0.717, 1.165) is 50.7 Å². The third-order valence-electron chi connectivity index (χ3n) is 6.78. The molecule has 4 rings (SSSR count). The molecule has 0 radical (unpaired) electrons. The molecule has 2 atom stereocenters. The normalized spacial score (nSPS) is 26.8. The summed E-state index contributed by atoms with van der Waals surface area (Å²) in [5, 5.41) is 7.37. The highest BCUT2D eigenvalue weighted by molar-refractivity contribution is 14.0. The molecular formula is C21H34IN5O. The Kier molecular flexibility index (Phi) is 7.42. The number of hydrogen-bond donors (Lipinski definition) is 2. The van der Waals surface area contributed by atoms with Gasteiger partial charge in [0.15, 0.2) is 5.96 Å². The molecule has 2 saturated carbocycles. The van der Waals surface area contributed by atoms with Gasteiger partial charge >= 0.3 is 0 Å². The lowest BCUT2D eigenvalue weighted by Crippen LogP contribution is -2.69. The molecule has 2 unspecified atom stereocenters. The molecule has 0 bridgehead atoms. The van der Waals surface area contributed by atoms with Gasteiger partial charge in [0.05, 0.1) is 6.10 Å². The lowest BCUT2D eigenvalue weighted by atomic mass is 9.51. The van der Waals surface area contributed by atoms with Crippen LogP contribution in [-0.4, -0.2) is 55.9 Å². The zero-order valence-electron chi connectivity index (χ0n) is 17.1. The number of ether oxygens (including phenoxy) is 1. The third-order valence-corrected chi connectivity index (χ3v) is 6.78. The van der Waals surface area contributed by atoms with E-state index in [2.05, 4.69) is 44.6 Å². The second-order valence-corrected chi connectivity index (χ2v) is 8.13. The first-order chi connectivity index (χ1) is 13.2. The fourth-order valence-corrected chi connectivity index (χ4v) is 4.96. The van der Waals surface area contributed by atoms with Gasteiger partial charge in [0.25, 0.3) is 0 Å². The SMILES string of the molecule is CCOC1CC(NC(=NC)NC2CCN(c3ccccn3)CC2)C12CCC2.I. The molecule has 1 aromatic rings. The number of aromatic nitrogens is 1. The van der Waals surface area contributed by atoms with Crippen molar-refractivity contribution in [3.63, 3.8) is 0 Å². The second kappa shape index (κ2) is 9.61. The summed E-state index contributed by atoms with van der Waals surface area (Å²) >= 11 is 0. The first kappa shape index (κ1) is 21.6. The fraction of sp³-hybridized carbons (Fsp3) is 0.714. The van der Waals surface area contributed by atoms with E-state index in [9.17, 15) is 0 Å². The zero-order valence-corrected chi connectivity index (χ0v) is 19.4. The van der Waals surface area contributed by atoms with Crippen LogP contribution in [0.3, 0.4) is 0 Å². The van der Waals surface area contributed by atoms with Gasteiger partial charge in [0.1, 0.15) is 5.82 Å². The van der Waals surface area contributed by atoms with E-state index >= 15 is 0 Å². The lowest BCUT2D eigenvalue weighted by molar-refractivity contribution is -0.168. The maximum absolute atomic E-state index is 5.97. The molecule has 3 aliphatic rings. The summed E-state index contributed by atoms with van der Waals surface area (Å²) in [6.45, 7) is 4.99. The maximum Gasteiger partial charge on any atom is 0.191 e. The van der Waals surface area contributed by atoms with Crippen LogP contribution in [-0.2, 0) is 4.74 Å². The minimum absolute atomic E-state index is 0. The van der Waals surface area contributed by atoms with E-state index in [1.54, 1.807) is 0 Å². The average Bonchev–Trinajstić information content (AvgIpc) is 2.66. The fourth-order valence-electron chi connectivity index (χ4n) is 4.96. The Morgan fingerprint density at radius 1 is 1.29 bits per heavy atom. The van der Waals surface area contributed by atoms with Crippen molar-refractivity contribution < 1.29 is 4.74 Å². The van der Waals surface area contributed by atoms with E-state index in [1.165, 1.54) is 19.3 Å². The summed E-state index contributed by atoms with van der Waals surface area (Å²) in [5.41, 5.74) is 0.357. The average molecular weight is 499 g/mol. The molecule has 2 N–H and O–H groups in total. The Balaban J connectivity index is 0.00000225. The monoisotopic (exact) mass is 499 g/mol. The molecule has 1 spiro atoms. The summed E-state index contributed by atoms with van der Waals surface area (Å²) in [6.07, 6.45) is 9.53. The Morgan fingerprint density at radius 2 is 2.07 bits per heavy atom. The van der Waals surface area contributed by atoms with Crippen molar-refractivity contribution in [1.82, 2.24) is 15.6 Å². The van der Waals surface area contributed by atoms with Gasteiger partial charge in [-0.3, -0.25) is 4.99 Å². The Morgan fingerprint density at radius 3 is 2.64 bits per heavy atom. The highest BCUT2D eigenvalue weighted by atomic mass is 127. The van der Waals surface area contributed by atoms with Gasteiger partial charge in [-0.05, 0) is 51.2 Å². The van der Waals surface area contributed by atoms with Crippen LogP contribution in [0.2, 0.25) is 0 Å². The molecule has 7 heteroatoms. The van der Waals surface area contributed by atoms with Crippen molar-refractivity contribution in [3.8, 4) is 0 Å². The largest absolute Gasteiger partial charge is 0.378 e. The van der Waals surface area contributed by atoms with Crippen molar-refractivity contribution in [2.45, 2.75) is 63.6 Å². The van der Waals surface area contributed by atoms with Crippen molar-refractivity contribution in [1.29, 1.82) is 0 Å². The zero-order chi connectivity index (χ0) is 18.7. The highest BCUT2D eigenvalue weighted by Gasteiger charge is 2.59. The summed E-state index contributed by atoms with van der Waals surface area (Å²) in [5.74, 6) is 2.04. The maximum atomic E-state index is 5.97. The molecular weight excluding hydrogens is 465 g/mol. The van der Waals surface area contributed by atoms with Crippen molar-refractivity contribution >= 4 is 35.8 Å². The van der Waals surface area contributed by atoms with Crippen LogP contribution in [0.25, 0.3) is 0 Å². The van der Waals surface area contributed by atoms with Crippen molar-refractivity contribution in [3.05, 3.63) is 24.4 Å². The summed E-state index contributed by atoms with van der Waals surface area (Å²) in [4.78, 5) is 11.3. The Bertz CT molecular complexity index is 643.